The van der Waals surface area contributed by atoms with Crippen LogP contribution in [0.3, 0.4) is 0 Å². The fourth-order valence-electron chi connectivity index (χ4n) is 4.48. The summed E-state index contributed by atoms with van der Waals surface area (Å²) in [5.74, 6) is 0.590. The van der Waals surface area contributed by atoms with Gasteiger partial charge in [-0.1, -0.05) is 17.4 Å². The van der Waals surface area contributed by atoms with Crippen molar-refractivity contribution in [2.24, 2.45) is 0 Å². The molecule has 2 aliphatic heterocycles. The molecule has 10 nitrogen and oxygen atoms in total. The van der Waals surface area contributed by atoms with Crippen LogP contribution in [0.25, 0.3) is 10.2 Å². The third kappa shape index (κ3) is 4.73. The number of benzene rings is 2. The summed E-state index contributed by atoms with van der Waals surface area (Å²) in [6, 6.07) is 10.7. The first-order valence-electron chi connectivity index (χ1n) is 11.7. The number of carbonyl (C=O) groups excluding carboxylic acids is 1. The zero-order chi connectivity index (χ0) is 24.4. The molecule has 184 valence electrons. The number of para-hydroxylation sites is 1. The molecule has 1 aromatic heterocycles. The first kappa shape index (κ1) is 23.3. The summed E-state index contributed by atoms with van der Waals surface area (Å²) in [5.41, 5.74) is 1.68. The molecule has 3 aromatic rings. The van der Waals surface area contributed by atoms with Crippen LogP contribution in [0.1, 0.15) is 17.3 Å². The Kier molecular flexibility index (Phi) is 6.69. The van der Waals surface area contributed by atoms with Gasteiger partial charge in [0, 0.05) is 50.9 Å². The Labute approximate surface area is 206 Å². The summed E-state index contributed by atoms with van der Waals surface area (Å²) in [7, 11) is 0. The first-order valence-corrected chi connectivity index (χ1v) is 12.5. The van der Waals surface area contributed by atoms with Crippen LogP contribution in [0.4, 0.5) is 16.5 Å². The average molecular weight is 498 g/mol. The van der Waals surface area contributed by atoms with E-state index in [0.29, 0.717) is 70.3 Å². The number of nitrogens with zero attached hydrogens (tertiary/aromatic N) is 5. The molecule has 0 aliphatic carbocycles. The lowest BCUT2D eigenvalue weighted by Gasteiger charge is -2.34. The summed E-state index contributed by atoms with van der Waals surface area (Å²) < 4.78 is 12.1. The minimum atomic E-state index is -0.414. The average Bonchev–Trinajstić information content (AvgIpc) is 3.34. The van der Waals surface area contributed by atoms with Crippen molar-refractivity contribution in [3.8, 4) is 5.75 Å². The van der Waals surface area contributed by atoms with Crippen molar-refractivity contribution in [3.63, 3.8) is 0 Å². The van der Waals surface area contributed by atoms with E-state index in [1.54, 1.807) is 28.4 Å². The number of nitro benzene ring substituents is 1. The molecule has 3 heterocycles. The number of thiazole rings is 1. The van der Waals surface area contributed by atoms with Crippen LogP contribution < -0.4 is 14.5 Å². The van der Waals surface area contributed by atoms with Gasteiger partial charge in [-0.15, -0.1) is 0 Å². The summed E-state index contributed by atoms with van der Waals surface area (Å²) in [5, 5.41) is 12.7. The van der Waals surface area contributed by atoms with E-state index in [1.807, 2.05) is 30.0 Å². The van der Waals surface area contributed by atoms with E-state index in [0.717, 1.165) is 21.1 Å². The zero-order valence-corrected chi connectivity index (χ0v) is 20.3. The maximum Gasteiger partial charge on any atom is 0.293 e. The number of hydrogen-bond acceptors (Lipinski definition) is 9. The minimum absolute atomic E-state index is 0.0454. The quantitative estimate of drug-likeness (QED) is 0.377. The molecule has 5 rings (SSSR count). The predicted octanol–water partition coefficient (Wildman–Crippen LogP) is 3.40. The fourth-order valence-corrected chi connectivity index (χ4v) is 5.51. The van der Waals surface area contributed by atoms with E-state index < -0.39 is 4.92 Å². The molecule has 2 saturated heterocycles. The molecule has 0 radical (unpaired) electrons. The van der Waals surface area contributed by atoms with Crippen LogP contribution in [0.5, 0.6) is 5.75 Å². The Bertz CT molecular complexity index is 1230. The van der Waals surface area contributed by atoms with Crippen molar-refractivity contribution in [2.75, 3.05) is 68.9 Å². The number of morpholine rings is 1. The van der Waals surface area contributed by atoms with Crippen LogP contribution in [0, 0.1) is 10.1 Å². The number of rotatable bonds is 6. The molecule has 0 unspecified atom stereocenters. The highest BCUT2D eigenvalue weighted by molar-refractivity contribution is 7.22. The Hall–Kier alpha value is -3.44. The molecule has 1 amide bonds. The maximum atomic E-state index is 13.2. The number of hydrogen-bond donors (Lipinski definition) is 0. The van der Waals surface area contributed by atoms with Gasteiger partial charge in [0.25, 0.3) is 11.6 Å². The molecule has 0 saturated carbocycles. The fraction of sp³-hybridized carbons (Fsp3) is 0.417. The van der Waals surface area contributed by atoms with Crippen LogP contribution >= 0.6 is 11.3 Å². The highest BCUT2D eigenvalue weighted by atomic mass is 32.1. The van der Waals surface area contributed by atoms with Crippen molar-refractivity contribution in [1.82, 2.24) is 9.88 Å². The number of carbonyl (C=O) groups is 1. The summed E-state index contributed by atoms with van der Waals surface area (Å²) in [6.07, 6.45) is 0. The summed E-state index contributed by atoms with van der Waals surface area (Å²) in [4.78, 5) is 35.2. The highest BCUT2D eigenvalue weighted by Gasteiger charge is 2.28. The van der Waals surface area contributed by atoms with Crippen LogP contribution in [-0.2, 0) is 4.74 Å². The van der Waals surface area contributed by atoms with Crippen molar-refractivity contribution in [2.45, 2.75) is 6.92 Å². The van der Waals surface area contributed by atoms with Gasteiger partial charge < -0.3 is 24.2 Å². The zero-order valence-electron chi connectivity index (χ0n) is 19.5. The van der Waals surface area contributed by atoms with Gasteiger partial charge in [-0.2, -0.15) is 0 Å². The largest absolute Gasteiger partial charge is 0.492 e. The van der Waals surface area contributed by atoms with Gasteiger partial charge in [0.1, 0.15) is 17.0 Å². The number of fused-ring (bicyclic) bond motifs is 1. The molecule has 2 fully saturated rings. The van der Waals surface area contributed by atoms with Crippen molar-refractivity contribution >= 4 is 44.0 Å². The second-order valence-corrected chi connectivity index (χ2v) is 9.38. The highest BCUT2D eigenvalue weighted by Crippen LogP contribution is 2.35. The van der Waals surface area contributed by atoms with E-state index in [1.165, 1.54) is 6.07 Å². The smallest absolute Gasteiger partial charge is 0.293 e. The number of amides is 1. The first-order chi connectivity index (χ1) is 17.0. The Morgan fingerprint density at radius 1 is 1.11 bits per heavy atom. The van der Waals surface area contributed by atoms with Gasteiger partial charge in [0.05, 0.1) is 29.4 Å². The molecule has 11 heteroatoms. The molecule has 0 bridgehead atoms. The number of aromatic nitrogens is 1. The Morgan fingerprint density at radius 3 is 2.60 bits per heavy atom. The topological polar surface area (TPSA) is 101 Å². The predicted molar refractivity (Wildman–Crippen MR) is 135 cm³/mol. The Balaban J connectivity index is 1.28. The molecule has 2 aromatic carbocycles. The van der Waals surface area contributed by atoms with Crippen LogP contribution in [0.2, 0.25) is 0 Å². The SMILES string of the molecule is CCOc1cccc2sc(N3CCN(C(=O)c4ccc(N5CCOCC5)c([N+](=O)[O-])c4)CC3)nc12. The lowest BCUT2D eigenvalue weighted by Crippen LogP contribution is -2.48. The monoisotopic (exact) mass is 497 g/mol. The number of ether oxygens (including phenoxy) is 2. The summed E-state index contributed by atoms with van der Waals surface area (Å²) >= 11 is 1.61. The van der Waals surface area contributed by atoms with Crippen LogP contribution in [0.15, 0.2) is 36.4 Å². The van der Waals surface area contributed by atoms with E-state index in [-0.39, 0.29) is 11.6 Å². The maximum absolute atomic E-state index is 13.2. The lowest BCUT2D eigenvalue weighted by molar-refractivity contribution is -0.384. The molecule has 2 aliphatic rings. The number of nitro groups is 1. The van der Waals surface area contributed by atoms with Gasteiger partial charge >= 0.3 is 0 Å². The van der Waals surface area contributed by atoms with Gasteiger partial charge in [-0.05, 0) is 31.2 Å². The molecular weight excluding hydrogens is 470 g/mol. The number of piperazine rings is 1. The van der Waals surface area contributed by atoms with Crippen molar-refractivity contribution in [1.29, 1.82) is 0 Å². The molecule has 35 heavy (non-hydrogen) atoms. The second kappa shape index (κ2) is 10.0. The normalized spacial score (nSPS) is 16.5. The molecule has 0 atom stereocenters. The van der Waals surface area contributed by atoms with Crippen molar-refractivity contribution < 1.29 is 19.2 Å². The minimum Gasteiger partial charge on any atom is -0.492 e. The van der Waals surface area contributed by atoms with Gasteiger partial charge in [0.2, 0.25) is 0 Å². The van der Waals surface area contributed by atoms with E-state index in [2.05, 4.69) is 4.90 Å². The van der Waals surface area contributed by atoms with Gasteiger partial charge in [-0.25, -0.2) is 4.98 Å². The van der Waals surface area contributed by atoms with Gasteiger partial charge in [0.15, 0.2) is 5.13 Å². The molecule has 0 spiro atoms. The van der Waals surface area contributed by atoms with Gasteiger partial charge in [-0.3, -0.25) is 14.9 Å². The second-order valence-electron chi connectivity index (χ2n) is 8.37. The number of anilines is 2. The van der Waals surface area contributed by atoms with E-state index in [9.17, 15) is 14.9 Å². The molecular formula is C24H27N5O5S. The van der Waals surface area contributed by atoms with Crippen molar-refractivity contribution in [3.05, 3.63) is 52.1 Å². The van der Waals surface area contributed by atoms with E-state index in [4.69, 9.17) is 14.5 Å². The standard InChI is InChI=1S/C24H27N5O5S/c1-2-34-20-4-3-5-21-22(20)25-24(35-21)28-10-8-27(9-11-28)23(30)17-6-7-18(19(16-17)29(31)32)26-12-14-33-15-13-26/h3-7,16H,2,8-15H2,1H3. The van der Waals surface area contributed by atoms with Crippen LogP contribution in [-0.4, -0.2) is 79.8 Å². The molecule has 0 N–H and O–H groups in total. The third-order valence-corrected chi connectivity index (χ3v) is 7.36. The Morgan fingerprint density at radius 2 is 1.89 bits per heavy atom. The third-order valence-electron chi connectivity index (χ3n) is 6.28. The summed E-state index contributed by atoms with van der Waals surface area (Å²) in [6.45, 7) is 7.10. The lowest BCUT2D eigenvalue weighted by atomic mass is 10.1. The van der Waals surface area contributed by atoms with E-state index >= 15 is 0 Å².